The van der Waals surface area contributed by atoms with Gasteiger partial charge in [0.1, 0.15) is 17.3 Å². The van der Waals surface area contributed by atoms with Crippen LogP contribution in [0.25, 0.3) is 0 Å². The molecule has 2 aromatic carbocycles. The number of carbonyl (C=O) groups is 1. The summed E-state index contributed by atoms with van der Waals surface area (Å²) in [7, 11) is 3.25. The Hall–Kier alpha value is -2.56. The van der Waals surface area contributed by atoms with Crippen molar-refractivity contribution in [3.63, 3.8) is 0 Å². The van der Waals surface area contributed by atoms with E-state index in [2.05, 4.69) is 0 Å². The van der Waals surface area contributed by atoms with E-state index in [1.807, 2.05) is 29.2 Å². The van der Waals surface area contributed by atoms with E-state index >= 15 is 0 Å². The van der Waals surface area contributed by atoms with Crippen LogP contribution in [0.2, 0.25) is 0 Å². The van der Waals surface area contributed by atoms with E-state index in [9.17, 15) is 9.18 Å². The molecule has 1 unspecified atom stereocenters. The molecular formula is C22H26FNO3. The van der Waals surface area contributed by atoms with Crippen LogP contribution in [0.5, 0.6) is 11.5 Å². The van der Waals surface area contributed by atoms with Crippen molar-refractivity contribution in [3.8, 4) is 11.5 Å². The van der Waals surface area contributed by atoms with Crippen LogP contribution < -0.4 is 9.47 Å². The highest BCUT2D eigenvalue weighted by molar-refractivity contribution is 5.77. The predicted octanol–water partition coefficient (Wildman–Crippen LogP) is 4.01. The average Bonchev–Trinajstić information content (AvgIpc) is 3.14. The van der Waals surface area contributed by atoms with Crippen molar-refractivity contribution in [2.24, 2.45) is 0 Å². The van der Waals surface area contributed by atoms with Gasteiger partial charge in [0, 0.05) is 19.0 Å². The maximum absolute atomic E-state index is 13.4. The number of likely N-dealkylation sites (tertiary alicyclic amines) is 1. The van der Waals surface area contributed by atoms with Crippen molar-refractivity contribution >= 4 is 5.91 Å². The van der Waals surface area contributed by atoms with Crippen LogP contribution >= 0.6 is 0 Å². The van der Waals surface area contributed by atoms with Crippen molar-refractivity contribution in [3.05, 3.63) is 59.4 Å². The Morgan fingerprint density at radius 2 is 2.04 bits per heavy atom. The molecule has 2 aromatic rings. The van der Waals surface area contributed by atoms with Gasteiger partial charge in [-0.25, -0.2) is 4.39 Å². The van der Waals surface area contributed by atoms with E-state index in [0.29, 0.717) is 19.3 Å². The Morgan fingerprint density at radius 1 is 1.19 bits per heavy atom. The van der Waals surface area contributed by atoms with Gasteiger partial charge in [-0.3, -0.25) is 4.79 Å². The number of carbonyl (C=O) groups excluding carboxylic acids is 1. The molecule has 1 aliphatic heterocycles. The average molecular weight is 371 g/mol. The minimum absolute atomic E-state index is 0.138. The van der Waals surface area contributed by atoms with Gasteiger partial charge >= 0.3 is 0 Å². The maximum atomic E-state index is 13.4. The molecule has 0 bridgehead atoms. The highest BCUT2D eigenvalue weighted by atomic mass is 19.1. The van der Waals surface area contributed by atoms with Gasteiger partial charge in [0.25, 0.3) is 0 Å². The first kappa shape index (κ1) is 19.2. The molecule has 1 atom stereocenters. The minimum Gasteiger partial charge on any atom is -0.497 e. The Kier molecular flexibility index (Phi) is 6.32. The number of halogens is 1. The van der Waals surface area contributed by atoms with E-state index in [0.717, 1.165) is 42.0 Å². The number of methoxy groups -OCH3 is 2. The number of ether oxygens (including phenoxy) is 2. The second-order valence-corrected chi connectivity index (χ2v) is 6.90. The summed E-state index contributed by atoms with van der Waals surface area (Å²) in [5.41, 5.74) is 1.90. The number of hydrogen-bond acceptors (Lipinski definition) is 3. The smallest absolute Gasteiger partial charge is 0.223 e. The zero-order valence-corrected chi connectivity index (χ0v) is 15.9. The quantitative estimate of drug-likeness (QED) is 0.738. The van der Waals surface area contributed by atoms with Crippen LogP contribution in [0.3, 0.4) is 0 Å². The standard InChI is InChI=1S/C22H26FNO3/c1-26-20-9-10-21(27-2)17(15-20)8-11-22(25)24-12-4-7-19(24)14-16-5-3-6-18(23)13-16/h3,5-6,9-10,13,15,19H,4,7-8,11-12,14H2,1-2H3. The first-order chi connectivity index (χ1) is 13.1. The second kappa shape index (κ2) is 8.89. The molecule has 1 heterocycles. The van der Waals surface area contributed by atoms with Gasteiger partial charge in [-0.1, -0.05) is 12.1 Å². The molecule has 0 aliphatic carbocycles. The first-order valence-electron chi connectivity index (χ1n) is 9.35. The lowest BCUT2D eigenvalue weighted by molar-refractivity contribution is -0.131. The Balaban J connectivity index is 1.63. The Labute approximate surface area is 159 Å². The first-order valence-corrected chi connectivity index (χ1v) is 9.35. The molecule has 0 spiro atoms. The molecule has 5 heteroatoms. The van der Waals surface area contributed by atoms with E-state index in [1.165, 1.54) is 6.07 Å². The lowest BCUT2D eigenvalue weighted by Gasteiger charge is -2.25. The molecule has 1 saturated heterocycles. The van der Waals surface area contributed by atoms with E-state index in [-0.39, 0.29) is 17.8 Å². The molecule has 0 N–H and O–H groups in total. The predicted molar refractivity (Wildman–Crippen MR) is 103 cm³/mol. The van der Waals surface area contributed by atoms with Crippen LogP contribution in [-0.4, -0.2) is 37.6 Å². The van der Waals surface area contributed by atoms with Crippen LogP contribution in [0.1, 0.15) is 30.4 Å². The molecule has 4 nitrogen and oxygen atoms in total. The number of amides is 1. The summed E-state index contributed by atoms with van der Waals surface area (Å²) in [6, 6.07) is 12.4. The highest BCUT2D eigenvalue weighted by Crippen LogP contribution is 2.27. The van der Waals surface area contributed by atoms with E-state index in [4.69, 9.17) is 9.47 Å². The van der Waals surface area contributed by atoms with Crippen LogP contribution in [0.15, 0.2) is 42.5 Å². The molecule has 0 saturated carbocycles. The van der Waals surface area contributed by atoms with Crippen molar-refractivity contribution in [1.29, 1.82) is 0 Å². The van der Waals surface area contributed by atoms with Crippen molar-refractivity contribution in [1.82, 2.24) is 4.90 Å². The van der Waals surface area contributed by atoms with Gasteiger partial charge in [0.15, 0.2) is 0 Å². The summed E-state index contributed by atoms with van der Waals surface area (Å²) in [4.78, 5) is 14.8. The van der Waals surface area contributed by atoms with Crippen LogP contribution in [0.4, 0.5) is 4.39 Å². The topological polar surface area (TPSA) is 38.8 Å². The Morgan fingerprint density at radius 3 is 2.78 bits per heavy atom. The zero-order valence-electron chi connectivity index (χ0n) is 15.9. The SMILES string of the molecule is COc1ccc(OC)c(CCC(=O)N2CCCC2Cc2cccc(F)c2)c1. The molecule has 1 amide bonds. The summed E-state index contributed by atoms with van der Waals surface area (Å²) in [6.07, 6.45) is 3.68. The largest absolute Gasteiger partial charge is 0.497 e. The highest BCUT2D eigenvalue weighted by Gasteiger charge is 2.28. The monoisotopic (exact) mass is 371 g/mol. The zero-order chi connectivity index (χ0) is 19.2. The maximum Gasteiger partial charge on any atom is 0.223 e. The van der Waals surface area contributed by atoms with Gasteiger partial charge in [-0.15, -0.1) is 0 Å². The Bertz CT molecular complexity index is 793. The van der Waals surface area contributed by atoms with Crippen molar-refractivity contribution in [2.45, 2.75) is 38.1 Å². The molecule has 27 heavy (non-hydrogen) atoms. The van der Waals surface area contributed by atoms with E-state index in [1.54, 1.807) is 26.4 Å². The second-order valence-electron chi connectivity index (χ2n) is 6.90. The van der Waals surface area contributed by atoms with Crippen molar-refractivity contribution < 1.29 is 18.7 Å². The fourth-order valence-electron chi connectivity index (χ4n) is 3.77. The number of benzene rings is 2. The third kappa shape index (κ3) is 4.79. The lowest BCUT2D eigenvalue weighted by Crippen LogP contribution is -2.37. The van der Waals surface area contributed by atoms with Gasteiger partial charge in [0.05, 0.1) is 14.2 Å². The van der Waals surface area contributed by atoms with Gasteiger partial charge < -0.3 is 14.4 Å². The van der Waals surface area contributed by atoms with Gasteiger partial charge in [-0.05, 0) is 67.1 Å². The van der Waals surface area contributed by atoms with Gasteiger partial charge in [0.2, 0.25) is 5.91 Å². The molecule has 144 valence electrons. The molecular weight excluding hydrogens is 345 g/mol. The normalized spacial score (nSPS) is 16.4. The summed E-state index contributed by atoms with van der Waals surface area (Å²) >= 11 is 0. The number of hydrogen-bond donors (Lipinski definition) is 0. The molecule has 0 radical (unpaired) electrons. The summed E-state index contributed by atoms with van der Waals surface area (Å²) < 4.78 is 24.1. The third-order valence-corrected chi connectivity index (χ3v) is 5.15. The molecule has 0 aromatic heterocycles. The van der Waals surface area contributed by atoms with Gasteiger partial charge in [-0.2, -0.15) is 0 Å². The lowest BCUT2D eigenvalue weighted by atomic mass is 10.0. The summed E-state index contributed by atoms with van der Waals surface area (Å²) in [5.74, 6) is 1.43. The van der Waals surface area contributed by atoms with E-state index < -0.39 is 0 Å². The van der Waals surface area contributed by atoms with Crippen LogP contribution in [-0.2, 0) is 17.6 Å². The fraction of sp³-hybridized carbons (Fsp3) is 0.409. The van der Waals surface area contributed by atoms with Crippen LogP contribution in [0, 0.1) is 5.82 Å². The minimum atomic E-state index is -0.228. The summed E-state index contributed by atoms with van der Waals surface area (Å²) in [5, 5.41) is 0. The number of aryl methyl sites for hydroxylation is 1. The molecule has 3 rings (SSSR count). The summed E-state index contributed by atoms with van der Waals surface area (Å²) in [6.45, 7) is 0.772. The number of rotatable bonds is 7. The fourth-order valence-corrected chi connectivity index (χ4v) is 3.77. The molecule has 1 aliphatic rings. The third-order valence-electron chi connectivity index (χ3n) is 5.15. The van der Waals surface area contributed by atoms with Crippen molar-refractivity contribution in [2.75, 3.05) is 20.8 Å². The molecule has 1 fully saturated rings. The number of nitrogens with zero attached hydrogens (tertiary/aromatic N) is 1.